The molecule has 10 heavy (non-hydrogen) atoms. The van der Waals surface area contributed by atoms with E-state index in [-0.39, 0.29) is 0 Å². The molecule has 4 heteroatoms. The molecule has 0 unspecified atom stereocenters. The molecule has 2 nitrogen and oxygen atoms in total. The van der Waals surface area contributed by atoms with Crippen LogP contribution < -0.4 is 0 Å². The minimum absolute atomic E-state index is 0.431. The lowest BCUT2D eigenvalue weighted by Crippen LogP contribution is -2.36. The Morgan fingerprint density at radius 2 is 2.00 bits per heavy atom. The van der Waals surface area contributed by atoms with Crippen molar-refractivity contribution in [2.24, 2.45) is 5.92 Å². The molecule has 1 aliphatic rings. The van der Waals surface area contributed by atoms with Gasteiger partial charge in [-0.25, -0.2) is 8.42 Å². The molecule has 1 heterocycles. The standard InChI is InChI=1S/C6H11BrO2S/c7-3-1-2-6-4-10(8,9)5-6/h6H,1-5H2. The molecular weight excluding hydrogens is 216 g/mol. The van der Waals surface area contributed by atoms with Crippen molar-refractivity contribution in [3.05, 3.63) is 0 Å². The molecular formula is C6H11BrO2S. The first-order valence-corrected chi connectivity index (χ1v) is 6.35. The Balaban J connectivity index is 2.15. The van der Waals surface area contributed by atoms with E-state index < -0.39 is 9.84 Å². The highest BCUT2D eigenvalue weighted by molar-refractivity contribution is 9.09. The molecule has 1 fully saturated rings. The van der Waals surface area contributed by atoms with Gasteiger partial charge in [-0.3, -0.25) is 0 Å². The normalized spacial score (nSPS) is 24.1. The fraction of sp³-hybridized carbons (Fsp3) is 1.00. The molecule has 0 N–H and O–H groups in total. The van der Waals surface area contributed by atoms with Crippen molar-refractivity contribution < 1.29 is 8.42 Å². The van der Waals surface area contributed by atoms with Crippen LogP contribution in [0, 0.1) is 5.92 Å². The van der Waals surface area contributed by atoms with Crippen LogP contribution in [-0.4, -0.2) is 25.3 Å². The molecule has 0 radical (unpaired) electrons. The lowest BCUT2D eigenvalue weighted by atomic mass is 10.1. The highest BCUT2D eigenvalue weighted by Crippen LogP contribution is 2.22. The second-order valence-electron chi connectivity index (χ2n) is 2.77. The predicted molar refractivity (Wildman–Crippen MR) is 45.2 cm³/mol. The van der Waals surface area contributed by atoms with Gasteiger partial charge in [0.2, 0.25) is 0 Å². The predicted octanol–water partition coefficient (Wildman–Crippen LogP) is 1.21. The van der Waals surface area contributed by atoms with Gasteiger partial charge < -0.3 is 0 Å². The number of halogens is 1. The van der Waals surface area contributed by atoms with Crippen LogP contribution in [0.4, 0.5) is 0 Å². The third-order valence-electron chi connectivity index (χ3n) is 1.73. The van der Waals surface area contributed by atoms with Crippen LogP contribution >= 0.6 is 15.9 Å². The zero-order valence-electron chi connectivity index (χ0n) is 5.72. The van der Waals surface area contributed by atoms with Crippen LogP contribution in [0.25, 0.3) is 0 Å². The maximum atomic E-state index is 10.6. The third-order valence-corrected chi connectivity index (χ3v) is 4.24. The van der Waals surface area contributed by atoms with Crippen molar-refractivity contribution >= 4 is 25.8 Å². The lowest BCUT2D eigenvalue weighted by Gasteiger charge is -2.24. The van der Waals surface area contributed by atoms with Crippen LogP contribution in [0.5, 0.6) is 0 Å². The first-order chi connectivity index (χ1) is 4.64. The second-order valence-corrected chi connectivity index (χ2v) is 5.72. The number of rotatable bonds is 3. The van der Waals surface area contributed by atoms with Crippen molar-refractivity contribution in [3.63, 3.8) is 0 Å². The molecule has 0 aromatic heterocycles. The summed E-state index contributed by atoms with van der Waals surface area (Å²) >= 11 is 3.31. The van der Waals surface area contributed by atoms with E-state index >= 15 is 0 Å². The highest BCUT2D eigenvalue weighted by Gasteiger charge is 2.32. The van der Waals surface area contributed by atoms with Gasteiger partial charge in [0, 0.05) is 5.33 Å². The lowest BCUT2D eigenvalue weighted by molar-refractivity contribution is 0.496. The van der Waals surface area contributed by atoms with Crippen LogP contribution in [0.2, 0.25) is 0 Å². The van der Waals surface area contributed by atoms with Gasteiger partial charge in [0.1, 0.15) is 0 Å². The molecule has 1 rings (SSSR count). The Kier molecular flexibility index (Phi) is 2.74. The van der Waals surface area contributed by atoms with Crippen molar-refractivity contribution in [2.75, 3.05) is 16.8 Å². The van der Waals surface area contributed by atoms with E-state index in [0.717, 1.165) is 18.2 Å². The Morgan fingerprint density at radius 3 is 2.40 bits per heavy atom. The van der Waals surface area contributed by atoms with Crippen LogP contribution in [0.15, 0.2) is 0 Å². The first-order valence-electron chi connectivity index (χ1n) is 3.40. The van der Waals surface area contributed by atoms with Crippen LogP contribution in [-0.2, 0) is 9.84 Å². The van der Waals surface area contributed by atoms with Crippen molar-refractivity contribution in [1.29, 1.82) is 0 Å². The van der Waals surface area contributed by atoms with Crippen molar-refractivity contribution in [2.45, 2.75) is 12.8 Å². The molecule has 0 amide bonds. The summed E-state index contributed by atoms with van der Waals surface area (Å²) in [6, 6.07) is 0. The van der Waals surface area contributed by atoms with Gasteiger partial charge in [-0.1, -0.05) is 15.9 Å². The summed E-state index contributed by atoms with van der Waals surface area (Å²) in [6.45, 7) is 0. The van der Waals surface area contributed by atoms with E-state index in [0.29, 0.717) is 17.4 Å². The fourth-order valence-electron chi connectivity index (χ4n) is 1.20. The summed E-state index contributed by atoms with van der Waals surface area (Å²) in [5, 5.41) is 0.990. The molecule has 1 aliphatic heterocycles. The largest absolute Gasteiger partial charge is 0.229 e. The van der Waals surface area contributed by atoms with E-state index in [2.05, 4.69) is 15.9 Å². The number of alkyl halides is 1. The molecule has 60 valence electrons. The van der Waals surface area contributed by atoms with E-state index in [1.807, 2.05) is 0 Å². The summed E-state index contributed by atoms with van der Waals surface area (Å²) in [7, 11) is -2.58. The quantitative estimate of drug-likeness (QED) is 0.679. The van der Waals surface area contributed by atoms with Crippen LogP contribution in [0.3, 0.4) is 0 Å². The Hall–Kier alpha value is 0.430. The summed E-state index contributed by atoms with van der Waals surface area (Å²) < 4.78 is 21.3. The summed E-state index contributed by atoms with van der Waals surface area (Å²) in [5.41, 5.74) is 0. The third kappa shape index (κ3) is 2.23. The number of hydrogen-bond acceptors (Lipinski definition) is 2. The molecule has 0 aromatic rings. The van der Waals surface area contributed by atoms with Crippen molar-refractivity contribution in [3.8, 4) is 0 Å². The molecule has 0 aromatic carbocycles. The maximum absolute atomic E-state index is 10.6. The smallest absolute Gasteiger partial charge is 0.150 e. The minimum Gasteiger partial charge on any atom is -0.229 e. The first kappa shape index (κ1) is 8.53. The molecule has 1 saturated heterocycles. The summed E-state index contributed by atoms with van der Waals surface area (Å²) in [4.78, 5) is 0. The summed E-state index contributed by atoms with van der Waals surface area (Å²) in [6.07, 6.45) is 2.16. The van der Waals surface area contributed by atoms with Gasteiger partial charge in [-0.2, -0.15) is 0 Å². The maximum Gasteiger partial charge on any atom is 0.150 e. The highest BCUT2D eigenvalue weighted by atomic mass is 79.9. The Morgan fingerprint density at radius 1 is 1.40 bits per heavy atom. The van der Waals surface area contributed by atoms with Gasteiger partial charge in [0.05, 0.1) is 11.5 Å². The average molecular weight is 227 g/mol. The van der Waals surface area contributed by atoms with Gasteiger partial charge in [-0.05, 0) is 18.8 Å². The topological polar surface area (TPSA) is 34.1 Å². The zero-order valence-corrected chi connectivity index (χ0v) is 8.12. The van der Waals surface area contributed by atoms with Gasteiger partial charge in [-0.15, -0.1) is 0 Å². The van der Waals surface area contributed by atoms with Gasteiger partial charge in [0.25, 0.3) is 0 Å². The van der Waals surface area contributed by atoms with E-state index in [9.17, 15) is 8.42 Å². The number of sulfone groups is 1. The molecule has 0 bridgehead atoms. The monoisotopic (exact) mass is 226 g/mol. The second kappa shape index (κ2) is 3.22. The van der Waals surface area contributed by atoms with E-state index in [1.54, 1.807) is 0 Å². The van der Waals surface area contributed by atoms with E-state index in [1.165, 1.54) is 0 Å². The average Bonchev–Trinajstić information content (AvgIpc) is 1.78. The fourth-order valence-corrected chi connectivity index (χ4v) is 3.20. The van der Waals surface area contributed by atoms with Gasteiger partial charge >= 0.3 is 0 Å². The van der Waals surface area contributed by atoms with Crippen molar-refractivity contribution in [1.82, 2.24) is 0 Å². The van der Waals surface area contributed by atoms with Crippen LogP contribution in [0.1, 0.15) is 12.8 Å². The Labute approximate surface area is 70.1 Å². The molecule has 0 saturated carbocycles. The SMILES string of the molecule is O=S1(=O)CC(CCCBr)C1. The zero-order chi connectivity index (χ0) is 7.61. The minimum atomic E-state index is -2.58. The molecule has 0 atom stereocenters. The summed E-state index contributed by atoms with van der Waals surface area (Å²) in [5.74, 6) is 1.32. The molecule has 0 aliphatic carbocycles. The Bertz CT molecular complexity index is 186. The van der Waals surface area contributed by atoms with Gasteiger partial charge in [0.15, 0.2) is 9.84 Å². The number of hydrogen-bond donors (Lipinski definition) is 0. The molecule has 0 spiro atoms. The van der Waals surface area contributed by atoms with E-state index in [4.69, 9.17) is 0 Å².